The Balaban J connectivity index is 1.65. The first-order valence-corrected chi connectivity index (χ1v) is 10.8. The number of aromatic nitrogens is 4. The molecule has 4 rings (SSSR count). The van der Waals surface area contributed by atoms with Gasteiger partial charge >= 0.3 is 5.97 Å². The predicted octanol–water partition coefficient (Wildman–Crippen LogP) is 0.923. The molecule has 1 saturated carbocycles. The number of amides is 1. The van der Waals surface area contributed by atoms with E-state index < -0.39 is 18.0 Å². The Labute approximate surface area is 173 Å². The van der Waals surface area contributed by atoms with Crippen molar-refractivity contribution in [3.05, 3.63) is 23.9 Å². The van der Waals surface area contributed by atoms with Crippen LogP contribution in [0, 0.1) is 17.8 Å². The highest BCUT2D eigenvalue weighted by molar-refractivity contribution is 7.99. The number of β-lactam (4-membered cyclic amide) rings is 1. The van der Waals surface area contributed by atoms with Crippen LogP contribution in [0.5, 0.6) is 0 Å². The molecule has 1 aromatic heterocycles. The van der Waals surface area contributed by atoms with E-state index in [0.717, 1.165) is 24.8 Å². The molecule has 0 bridgehead atoms. The second-order valence-electron chi connectivity index (χ2n) is 7.79. The van der Waals surface area contributed by atoms with Crippen molar-refractivity contribution in [2.24, 2.45) is 24.8 Å². The summed E-state index contributed by atoms with van der Waals surface area (Å²) in [6.07, 6.45) is 3.61. The van der Waals surface area contributed by atoms with Gasteiger partial charge in [-0.15, -0.1) is 5.10 Å². The molecule has 0 radical (unpaired) electrons. The van der Waals surface area contributed by atoms with Crippen LogP contribution < -0.4 is 0 Å². The summed E-state index contributed by atoms with van der Waals surface area (Å²) < 4.78 is 6.94. The number of esters is 1. The Morgan fingerprint density at radius 1 is 1.48 bits per heavy atom. The van der Waals surface area contributed by atoms with Gasteiger partial charge < -0.3 is 14.7 Å². The van der Waals surface area contributed by atoms with Gasteiger partial charge in [-0.3, -0.25) is 4.79 Å². The molecule has 0 spiro atoms. The van der Waals surface area contributed by atoms with Gasteiger partial charge in [0.25, 0.3) is 0 Å². The second kappa shape index (κ2) is 7.91. The van der Waals surface area contributed by atoms with Crippen LogP contribution in [0.15, 0.2) is 29.1 Å². The van der Waals surface area contributed by atoms with E-state index in [4.69, 9.17) is 4.74 Å². The Hall–Kier alpha value is -2.20. The fourth-order valence-electron chi connectivity index (χ4n) is 4.88. The molecular weight excluding hydrogens is 394 g/mol. The van der Waals surface area contributed by atoms with Crippen molar-refractivity contribution in [1.82, 2.24) is 25.1 Å². The average molecular weight is 420 g/mol. The van der Waals surface area contributed by atoms with Crippen molar-refractivity contribution in [2.75, 3.05) is 12.4 Å². The molecule has 10 heteroatoms. The minimum absolute atomic E-state index is 0.0792. The number of aliphatic hydroxyl groups is 1. The number of fused-ring (bicyclic) bond motifs is 3. The van der Waals surface area contributed by atoms with Gasteiger partial charge in [0.2, 0.25) is 11.1 Å². The standard InChI is InChI=1S/C19H25N5O4S/c1-4-8-28-18(27)16-14-11(9-29-19-20-21-22-23(19)3)6-5-7-12(14)15-13(10(2)25)17(26)24(15)16/h4,10-13,15,25H,1,5-9H2,2-3H3/t10-,11-,12+,13-,15-/m1/s1. The van der Waals surface area contributed by atoms with Crippen LogP contribution in [0.3, 0.4) is 0 Å². The fourth-order valence-corrected chi connectivity index (χ4v) is 5.90. The Morgan fingerprint density at radius 3 is 2.93 bits per heavy atom. The molecule has 1 aromatic rings. The van der Waals surface area contributed by atoms with Crippen LogP contribution >= 0.6 is 11.8 Å². The third kappa shape index (κ3) is 3.28. The fraction of sp³-hybridized carbons (Fsp3) is 0.632. The van der Waals surface area contributed by atoms with Crippen molar-refractivity contribution in [3.8, 4) is 0 Å². The molecule has 1 N–H and O–H groups in total. The summed E-state index contributed by atoms with van der Waals surface area (Å²) in [5, 5.41) is 22.4. The molecule has 9 nitrogen and oxygen atoms in total. The van der Waals surface area contributed by atoms with E-state index in [1.54, 1.807) is 35.3 Å². The zero-order valence-corrected chi connectivity index (χ0v) is 17.3. The first-order chi connectivity index (χ1) is 14.0. The predicted molar refractivity (Wildman–Crippen MR) is 104 cm³/mol. The van der Waals surface area contributed by atoms with Gasteiger partial charge in [-0.05, 0) is 41.7 Å². The maximum atomic E-state index is 12.9. The van der Waals surface area contributed by atoms with Crippen LogP contribution in [0.1, 0.15) is 26.2 Å². The zero-order chi connectivity index (χ0) is 20.7. The van der Waals surface area contributed by atoms with Gasteiger partial charge in [0.1, 0.15) is 12.3 Å². The zero-order valence-electron chi connectivity index (χ0n) is 16.5. The molecule has 2 fully saturated rings. The van der Waals surface area contributed by atoms with E-state index in [0.29, 0.717) is 16.6 Å². The molecule has 3 aliphatic rings. The SMILES string of the molecule is C=CCOC(=O)C1=C2[C@@H](CSc3nnnn3C)CCC[C@@H]2[C@@H]2[C@@H]([C@@H](C)O)C(=O)N12. The van der Waals surface area contributed by atoms with Crippen LogP contribution in [-0.4, -0.2) is 66.6 Å². The van der Waals surface area contributed by atoms with E-state index >= 15 is 0 Å². The highest BCUT2D eigenvalue weighted by Crippen LogP contribution is 2.54. The Bertz CT molecular complexity index is 867. The lowest BCUT2D eigenvalue weighted by Crippen LogP contribution is -2.64. The number of hydrogen-bond acceptors (Lipinski definition) is 8. The van der Waals surface area contributed by atoms with Crippen LogP contribution in [0.4, 0.5) is 0 Å². The van der Waals surface area contributed by atoms with E-state index in [1.807, 2.05) is 0 Å². The monoisotopic (exact) mass is 419 g/mol. The lowest BCUT2D eigenvalue weighted by Gasteiger charge is -2.47. The molecular formula is C19H25N5O4S. The number of carbonyl (C=O) groups is 2. The van der Waals surface area contributed by atoms with Gasteiger partial charge in [0, 0.05) is 18.7 Å². The number of carbonyl (C=O) groups excluding carboxylic acids is 2. The summed E-state index contributed by atoms with van der Waals surface area (Å²) >= 11 is 1.54. The highest BCUT2D eigenvalue weighted by atomic mass is 32.2. The summed E-state index contributed by atoms with van der Waals surface area (Å²) in [5.41, 5.74) is 1.37. The van der Waals surface area contributed by atoms with E-state index in [1.165, 1.54) is 6.08 Å². The number of aryl methyl sites for hydroxylation is 1. The largest absolute Gasteiger partial charge is 0.457 e. The lowest BCUT2D eigenvalue weighted by molar-refractivity contribution is -0.164. The molecule has 29 heavy (non-hydrogen) atoms. The second-order valence-corrected chi connectivity index (χ2v) is 8.77. The summed E-state index contributed by atoms with van der Waals surface area (Å²) in [6, 6.07) is -0.159. The maximum absolute atomic E-state index is 12.9. The van der Waals surface area contributed by atoms with Crippen LogP contribution in [0.25, 0.3) is 0 Å². The van der Waals surface area contributed by atoms with Gasteiger partial charge in [0.15, 0.2) is 0 Å². The van der Waals surface area contributed by atoms with Crippen LogP contribution in [0.2, 0.25) is 0 Å². The topological polar surface area (TPSA) is 110 Å². The molecule has 5 atom stereocenters. The van der Waals surface area contributed by atoms with Gasteiger partial charge in [-0.1, -0.05) is 30.8 Å². The number of ether oxygens (including phenoxy) is 1. The first kappa shape index (κ1) is 20.1. The summed E-state index contributed by atoms with van der Waals surface area (Å²) in [7, 11) is 1.79. The van der Waals surface area contributed by atoms with Crippen molar-refractivity contribution in [2.45, 2.75) is 43.5 Å². The normalized spacial score (nSPS) is 29.2. The Morgan fingerprint density at radius 2 is 2.28 bits per heavy atom. The smallest absolute Gasteiger partial charge is 0.355 e. The van der Waals surface area contributed by atoms with Gasteiger partial charge in [0.05, 0.1) is 18.1 Å². The first-order valence-electron chi connectivity index (χ1n) is 9.84. The molecule has 156 valence electrons. The average Bonchev–Trinajstić information content (AvgIpc) is 3.23. The third-order valence-electron chi connectivity index (χ3n) is 6.06. The quantitative estimate of drug-likeness (QED) is 0.301. The van der Waals surface area contributed by atoms with Crippen molar-refractivity contribution < 1.29 is 19.4 Å². The number of hydrogen-bond donors (Lipinski definition) is 1. The van der Waals surface area contributed by atoms with E-state index in [2.05, 4.69) is 22.1 Å². The van der Waals surface area contributed by atoms with Crippen molar-refractivity contribution in [3.63, 3.8) is 0 Å². The van der Waals surface area contributed by atoms with E-state index in [-0.39, 0.29) is 30.4 Å². The minimum Gasteiger partial charge on any atom is -0.457 e. The summed E-state index contributed by atoms with van der Waals surface area (Å²) in [4.78, 5) is 27.2. The van der Waals surface area contributed by atoms with Crippen molar-refractivity contribution >= 4 is 23.6 Å². The summed E-state index contributed by atoms with van der Waals surface area (Å²) in [6.45, 7) is 5.33. The lowest BCUT2D eigenvalue weighted by atomic mass is 9.70. The molecule has 1 amide bonds. The molecule has 0 aromatic carbocycles. The Kier molecular flexibility index (Phi) is 5.48. The highest BCUT2D eigenvalue weighted by Gasteiger charge is 2.62. The number of nitrogens with zero attached hydrogens (tertiary/aromatic N) is 5. The molecule has 0 unspecified atom stereocenters. The third-order valence-corrected chi connectivity index (χ3v) is 7.24. The molecule has 3 heterocycles. The van der Waals surface area contributed by atoms with Crippen LogP contribution in [-0.2, 0) is 21.4 Å². The number of aliphatic hydroxyl groups excluding tert-OH is 1. The van der Waals surface area contributed by atoms with Crippen molar-refractivity contribution in [1.29, 1.82) is 0 Å². The number of thioether (sulfide) groups is 1. The van der Waals surface area contributed by atoms with Gasteiger partial charge in [-0.25, -0.2) is 9.48 Å². The number of rotatable bonds is 7. The molecule has 1 aliphatic carbocycles. The van der Waals surface area contributed by atoms with E-state index in [9.17, 15) is 14.7 Å². The van der Waals surface area contributed by atoms with Gasteiger partial charge in [-0.2, -0.15) is 0 Å². The number of tetrazole rings is 1. The molecule has 1 saturated heterocycles. The summed E-state index contributed by atoms with van der Waals surface area (Å²) in [5.74, 6) is -0.227. The maximum Gasteiger partial charge on any atom is 0.355 e. The minimum atomic E-state index is -0.743. The molecule has 2 aliphatic heterocycles.